The molecule has 0 aromatic carbocycles. The zero-order valence-corrected chi connectivity index (χ0v) is 13.8. The summed E-state index contributed by atoms with van der Waals surface area (Å²) >= 11 is 0. The van der Waals surface area contributed by atoms with Crippen molar-refractivity contribution < 1.29 is 0 Å². The molecule has 0 aliphatic rings. The lowest BCUT2D eigenvalue weighted by atomic mass is 10.1. The Labute approximate surface area is 120 Å². The zero-order valence-electron chi connectivity index (χ0n) is 13.8. The summed E-state index contributed by atoms with van der Waals surface area (Å²) in [5, 5.41) is 6.76. The maximum absolute atomic E-state index is 4.64. The van der Waals surface area contributed by atoms with Crippen LogP contribution < -0.4 is 10.6 Å². The second-order valence-electron chi connectivity index (χ2n) is 5.59. The van der Waals surface area contributed by atoms with E-state index in [9.17, 15) is 0 Å². The van der Waals surface area contributed by atoms with Crippen molar-refractivity contribution in [1.82, 2.24) is 15.5 Å². The minimum absolute atomic E-state index is 0.440. The Balaban J connectivity index is 4.11. The summed E-state index contributed by atoms with van der Waals surface area (Å²) in [7, 11) is 2.17. The van der Waals surface area contributed by atoms with Crippen LogP contribution in [0.1, 0.15) is 47.5 Å². The second-order valence-corrected chi connectivity index (χ2v) is 5.59. The van der Waals surface area contributed by atoms with Crippen LogP contribution in [-0.4, -0.2) is 50.1 Å². The molecular weight excluding hydrogens is 236 g/mol. The molecule has 0 rings (SSSR count). The quantitative estimate of drug-likeness (QED) is 0.499. The number of unbranched alkanes of at least 4 members (excludes halogenated alkanes) is 1. The van der Waals surface area contributed by atoms with Gasteiger partial charge in [-0.05, 0) is 39.8 Å². The molecular formula is C15H34N4. The van der Waals surface area contributed by atoms with E-state index in [-0.39, 0.29) is 0 Å². The minimum atomic E-state index is 0.440. The summed E-state index contributed by atoms with van der Waals surface area (Å²) in [5.41, 5.74) is 0. The normalized spacial score (nSPS) is 14.0. The van der Waals surface area contributed by atoms with Gasteiger partial charge in [-0.15, -0.1) is 0 Å². The van der Waals surface area contributed by atoms with Crippen molar-refractivity contribution in [2.24, 2.45) is 10.9 Å². The van der Waals surface area contributed by atoms with Gasteiger partial charge in [-0.2, -0.15) is 0 Å². The second kappa shape index (κ2) is 11.1. The van der Waals surface area contributed by atoms with Crippen LogP contribution in [0.25, 0.3) is 0 Å². The number of hydrogen-bond acceptors (Lipinski definition) is 2. The Kier molecular flexibility index (Phi) is 10.6. The number of nitrogens with one attached hydrogen (secondary N) is 2. The first kappa shape index (κ1) is 18.2. The molecule has 0 aliphatic heterocycles. The SMILES string of the molecule is CCCCN(C)CCN=C(NCC)NC(C)C(C)C. The van der Waals surface area contributed by atoms with Gasteiger partial charge in [-0.3, -0.25) is 4.99 Å². The highest BCUT2D eigenvalue weighted by Crippen LogP contribution is 1.99. The Bertz CT molecular complexity index is 238. The molecule has 4 heteroatoms. The Morgan fingerprint density at radius 3 is 2.37 bits per heavy atom. The Morgan fingerprint density at radius 2 is 1.84 bits per heavy atom. The van der Waals surface area contributed by atoms with Gasteiger partial charge in [0.05, 0.1) is 6.54 Å². The number of likely N-dealkylation sites (N-methyl/N-ethyl adjacent to an activating group) is 1. The molecule has 2 N–H and O–H groups in total. The van der Waals surface area contributed by atoms with Crippen molar-refractivity contribution in [1.29, 1.82) is 0 Å². The predicted octanol–water partition coefficient (Wildman–Crippen LogP) is 2.32. The summed E-state index contributed by atoms with van der Waals surface area (Å²) < 4.78 is 0. The first-order valence-corrected chi connectivity index (χ1v) is 7.74. The van der Waals surface area contributed by atoms with E-state index in [1.807, 2.05) is 0 Å². The van der Waals surface area contributed by atoms with Crippen LogP contribution in [0.5, 0.6) is 0 Å². The van der Waals surface area contributed by atoms with Gasteiger partial charge in [-0.1, -0.05) is 27.2 Å². The fourth-order valence-corrected chi connectivity index (χ4v) is 1.57. The molecule has 19 heavy (non-hydrogen) atoms. The maximum atomic E-state index is 4.64. The van der Waals surface area contributed by atoms with Gasteiger partial charge >= 0.3 is 0 Å². The average molecular weight is 270 g/mol. The van der Waals surface area contributed by atoms with Crippen molar-refractivity contribution >= 4 is 5.96 Å². The minimum Gasteiger partial charge on any atom is -0.357 e. The summed E-state index contributed by atoms with van der Waals surface area (Å²) in [6.45, 7) is 14.9. The molecule has 0 amide bonds. The molecule has 0 fully saturated rings. The van der Waals surface area contributed by atoms with E-state index in [1.54, 1.807) is 0 Å². The molecule has 0 spiro atoms. The van der Waals surface area contributed by atoms with E-state index in [0.29, 0.717) is 12.0 Å². The van der Waals surface area contributed by atoms with E-state index in [0.717, 1.165) is 25.6 Å². The average Bonchev–Trinajstić information content (AvgIpc) is 2.36. The summed E-state index contributed by atoms with van der Waals surface area (Å²) in [6.07, 6.45) is 2.52. The monoisotopic (exact) mass is 270 g/mol. The summed E-state index contributed by atoms with van der Waals surface area (Å²) in [5.74, 6) is 1.55. The molecule has 1 atom stereocenters. The molecule has 0 bridgehead atoms. The Morgan fingerprint density at radius 1 is 1.16 bits per heavy atom. The smallest absolute Gasteiger partial charge is 0.191 e. The van der Waals surface area contributed by atoms with E-state index in [2.05, 4.69) is 62.2 Å². The molecule has 0 radical (unpaired) electrons. The van der Waals surface area contributed by atoms with E-state index >= 15 is 0 Å². The fourth-order valence-electron chi connectivity index (χ4n) is 1.57. The molecule has 0 aromatic rings. The number of aliphatic imine (C=N–C) groups is 1. The van der Waals surface area contributed by atoms with Crippen LogP contribution in [0.15, 0.2) is 4.99 Å². The van der Waals surface area contributed by atoms with Crippen LogP contribution in [0, 0.1) is 5.92 Å². The zero-order chi connectivity index (χ0) is 14.7. The fraction of sp³-hybridized carbons (Fsp3) is 0.933. The van der Waals surface area contributed by atoms with Gasteiger partial charge < -0.3 is 15.5 Å². The lowest BCUT2D eigenvalue weighted by Gasteiger charge is -2.21. The highest BCUT2D eigenvalue weighted by molar-refractivity contribution is 5.80. The number of guanidine groups is 1. The van der Waals surface area contributed by atoms with Crippen molar-refractivity contribution in [2.45, 2.75) is 53.5 Å². The molecule has 0 heterocycles. The third-order valence-corrected chi connectivity index (χ3v) is 3.35. The van der Waals surface area contributed by atoms with Gasteiger partial charge in [0.1, 0.15) is 0 Å². The highest BCUT2D eigenvalue weighted by Gasteiger charge is 2.08. The van der Waals surface area contributed by atoms with E-state index in [1.165, 1.54) is 19.4 Å². The van der Waals surface area contributed by atoms with Crippen LogP contribution in [0.2, 0.25) is 0 Å². The third kappa shape index (κ3) is 9.77. The standard InChI is InChI=1S/C15H34N4/c1-7-9-11-19(6)12-10-17-15(16-8-2)18-14(5)13(3)4/h13-14H,7-12H2,1-6H3,(H2,16,17,18). The molecule has 114 valence electrons. The van der Waals surface area contributed by atoms with Gasteiger partial charge in [0.2, 0.25) is 0 Å². The van der Waals surface area contributed by atoms with Gasteiger partial charge in [0.25, 0.3) is 0 Å². The van der Waals surface area contributed by atoms with Gasteiger partial charge in [0.15, 0.2) is 5.96 Å². The molecule has 0 aliphatic carbocycles. The number of rotatable bonds is 9. The van der Waals surface area contributed by atoms with Crippen molar-refractivity contribution in [3.63, 3.8) is 0 Å². The first-order chi connectivity index (χ1) is 9.01. The molecule has 4 nitrogen and oxygen atoms in total. The molecule has 0 aromatic heterocycles. The van der Waals surface area contributed by atoms with Gasteiger partial charge in [-0.25, -0.2) is 0 Å². The van der Waals surface area contributed by atoms with Crippen LogP contribution in [-0.2, 0) is 0 Å². The van der Waals surface area contributed by atoms with Crippen molar-refractivity contribution in [2.75, 3.05) is 33.2 Å². The predicted molar refractivity (Wildman–Crippen MR) is 85.8 cm³/mol. The van der Waals surface area contributed by atoms with Crippen molar-refractivity contribution in [3.8, 4) is 0 Å². The van der Waals surface area contributed by atoms with Crippen molar-refractivity contribution in [3.05, 3.63) is 0 Å². The maximum Gasteiger partial charge on any atom is 0.191 e. The van der Waals surface area contributed by atoms with Crippen LogP contribution in [0.4, 0.5) is 0 Å². The number of nitrogens with zero attached hydrogens (tertiary/aromatic N) is 2. The lowest BCUT2D eigenvalue weighted by Crippen LogP contribution is -2.44. The van der Waals surface area contributed by atoms with Crippen LogP contribution >= 0.6 is 0 Å². The third-order valence-electron chi connectivity index (χ3n) is 3.35. The Hall–Kier alpha value is -0.770. The van der Waals surface area contributed by atoms with E-state index in [4.69, 9.17) is 0 Å². The molecule has 0 saturated heterocycles. The molecule has 0 saturated carbocycles. The largest absolute Gasteiger partial charge is 0.357 e. The first-order valence-electron chi connectivity index (χ1n) is 7.74. The van der Waals surface area contributed by atoms with Crippen LogP contribution in [0.3, 0.4) is 0 Å². The molecule has 1 unspecified atom stereocenters. The number of hydrogen-bond donors (Lipinski definition) is 2. The summed E-state index contributed by atoms with van der Waals surface area (Å²) in [4.78, 5) is 6.99. The van der Waals surface area contributed by atoms with E-state index < -0.39 is 0 Å². The lowest BCUT2D eigenvalue weighted by molar-refractivity contribution is 0.337. The highest BCUT2D eigenvalue weighted by atomic mass is 15.2. The topological polar surface area (TPSA) is 39.7 Å². The summed E-state index contributed by atoms with van der Waals surface area (Å²) in [6, 6.07) is 0.440. The van der Waals surface area contributed by atoms with Gasteiger partial charge in [0, 0.05) is 19.1 Å².